The standard InChI is InChI=1S/C23H29F2N5O2/c1-13-8-18(14(2)9-26-10-15(3)32-22(24)25)28-20-16(4)30(21(31)19(13)20)17-11-27-29(12-17)23(5,6)7/h8-12,14,16,22H,1-7H3/b15-10+,26-9-. The third kappa shape index (κ3) is 4.71. The van der Waals surface area contributed by atoms with Gasteiger partial charge in [0.25, 0.3) is 5.91 Å². The summed E-state index contributed by atoms with van der Waals surface area (Å²) in [6, 6.07) is 1.62. The van der Waals surface area contributed by atoms with Gasteiger partial charge in [-0.3, -0.25) is 24.4 Å². The SMILES string of the molecule is C/C(=C\N=C/C(C)c1cc(C)c2c(n1)C(C)N(c1cnn(C(C)(C)C)c1)C2=O)OC(F)F. The van der Waals surface area contributed by atoms with Crippen LogP contribution in [0.15, 0.2) is 35.4 Å². The second-order valence-corrected chi connectivity index (χ2v) is 8.99. The molecule has 3 rings (SSSR count). The molecule has 0 saturated carbocycles. The number of nitrogens with zero attached hydrogens (tertiary/aromatic N) is 5. The summed E-state index contributed by atoms with van der Waals surface area (Å²) in [7, 11) is 0. The van der Waals surface area contributed by atoms with E-state index in [0.717, 1.165) is 16.9 Å². The summed E-state index contributed by atoms with van der Waals surface area (Å²) in [6.45, 7) is 10.4. The average molecular weight is 446 g/mol. The number of aromatic nitrogens is 3. The van der Waals surface area contributed by atoms with E-state index in [-0.39, 0.29) is 29.2 Å². The van der Waals surface area contributed by atoms with Crippen LogP contribution >= 0.6 is 0 Å². The Labute approximate surface area is 186 Å². The predicted octanol–water partition coefficient (Wildman–Crippen LogP) is 5.34. The highest BCUT2D eigenvalue weighted by Crippen LogP contribution is 2.38. The van der Waals surface area contributed by atoms with Crippen molar-refractivity contribution in [2.75, 3.05) is 4.90 Å². The normalized spacial score (nSPS) is 18.1. The number of fused-ring (bicyclic) bond motifs is 1. The molecule has 1 amide bonds. The molecule has 0 spiro atoms. The van der Waals surface area contributed by atoms with Crippen LogP contribution in [-0.2, 0) is 10.3 Å². The first kappa shape index (κ1) is 23.6. The predicted molar refractivity (Wildman–Crippen MR) is 119 cm³/mol. The second kappa shape index (κ2) is 8.80. The number of aliphatic imine (C=N–C) groups is 1. The summed E-state index contributed by atoms with van der Waals surface area (Å²) in [5, 5.41) is 4.42. The van der Waals surface area contributed by atoms with E-state index in [1.54, 1.807) is 17.3 Å². The molecule has 0 fully saturated rings. The van der Waals surface area contributed by atoms with Crippen LogP contribution in [0.25, 0.3) is 0 Å². The number of anilines is 1. The van der Waals surface area contributed by atoms with Crippen molar-refractivity contribution < 1.29 is 18.3 Å². The van der Waals surface area contributed by atoms with Gasteiger partial charge in [-0.2, -0.15) is 13.9 Å². The molecule has 2 atom stereocenters. The first-order valence-corrected chi connectivity index (χ1v) is 10.4. The van der Waals surface area contributed by atoms with Gasteiger partial charge in [-0.15, -0.1) is 0 Å². The molecular weight excluding hydrogens is 416 g/mol. The molecule has 2 aromatic heterocycles. The van der Waals surface area contributed by atoms with Crippen LogP contribution in [0.1, 0.15) is 80.8 Å². The number of pyridine rings is 1. The van der Waals surface area contributed by atoms with E-state index < -0.39 is 6.61 Å². The van der Waals surface area contributed by atoms with Crippen molar-refractivity contribution in [2.24, 2.45) is 4.99 Å². The van der Waals surface area contributed by atoms with E-state index in [4.69, 9.17) is 4.98 Å². The Bertz CT molecular complexity index is 1070. The van der Waals surface area contributed by atoms with Crippen molar-refractivity contribution in [1.82, 2.24) is 14.8 Å². The van der Waals surface area contributed by atoms with Crippen molar-refractivity contribution in [3.63, 3.8) is 0 Å². The largest absolute Gasteiger partial charge is 0.438 e. The minimum Gasteiger partial charge on any atom is -0.438 e. The summed E-state index contributed by atoms with van der Waals surface area (Å²) in [6.07, 6.45) is 6.43. The Hall–Kier alpha value is -3.10. The zero-order valence-electron chi connectivity index (χ0n) is 19.4. The molecule has 2 aromatic rings. The summed E-state index contributed by atoms with van der Waals surface area (Å²) >= 11 is 0. The Balaban J connectivity index is 1.87. The molecule has 1 aliphatic rings. The van der Waals surface area contributed by atoms with Gasteiger partial charge in [0.05, 0.1) is 40.9 Å². The lowest BCUT2D eigenvalue weighted by molar-refractivity contribution is -0.0955. The highest BCUT2D eigenvalue weighted by atomic mass is 19.3. The van der Waals surface area contributed by atoms with Crippen LogP contribution < -0.4 is 4.90 Å². The maximum absolute atomic E-state index is 13.2. The van der Waals surface area contributed by atoms with Crippen molar-refractivity contribution in [1.29, 1.82) is 0 Å². The number of aryl methyl sites for hydroxylation is 1. The third-order valence-electron chi connectivity index (χ3n) is 5.32. The highest BCUT2D eigenvalue weighted by molar-refractivity contribution is 6.11. The van der Waals surface area contributed by atoms with Crippen molar-refractivity contribution in [2.45, 2.75) is 72.6 Å². The maximum Gasteiger partial charge on any atom is 0.387 e. The molecule has 172 valence electrons. The molecule has 0 radical (unpaired) electrons. The number of hydrogen-bond donors (Lipinski definition) is 0. The molecule has 2 unspecified atom stereocenters. The van der Waals surface area contributed by atoms with Gasteiger partial charge in [-0.25, -0.2) is 0 Å². The zero-order valence-corrected chi connectivity index (χ0v) is 19.4. The van der Waals surface area contributed by atoms with E-state index in [0.29, 0.717) is 11.3 Å². The van der Waals surface area contributed by atoms with E-state index in [1.807, 2.05) is 58.5 Å². The molecule has 0 aliphatic carbocycles. The second-order valence-electron chi connectivity index (χ2n) is 8.99. The quantitative estimate of drug-likeness (QED) is 0.445. The van der Waals surface area contributed by atoms with Gasteiger partial charge in [0, 0.05) is 24.0 Å². The molecular formula is C23H29F2N5O2. The Morgan fingerprint density at radius 2 is 2.03 bits per heavy atom. The number of carbonyl (C=O) groups is 1. The molecule has 0 saturated heterocycles. The molecule has 1 aliphatic heterocycles. The monoisotopic (exact) mass is 445 g/mol. The fourth-order valence-electron chi connectivity index (χ4n) is 3.63. The van der Waals surface area contributed by atoms with Gasteiger partial charge in [-0.05, 0) is 53.2 Å². The van der Waals surface area contributed by atoms with Crippen LogP contribution in [0.3, 0.4) is 0 Å². The third-order valence-corrected chi connectivity index (χ3v) is 5.32. The van der Waals surface area contributed by atoms with Gasteiger partial charge in [0.2, 0.25) is 0 Å². The Morgan fingerprint density at radius 3 is 2.62 bits per heavy atom. The number of rotatable bonds is 6. The fraction of sp³-hybridized carbons (Fsp3) is 0.478. The first-order valence-electron chi connectivity index (χ1n) is 10.4. The van der Waals surface area contributed by atoms with Gasteiger partial charge < -0.3 is 4.74 Å². The minimum atomic E-state index is -2.88. The average Bonchev–Trinajstić information content (AvgIpc) is 3.24. The van der Waals surface area contributed by atoms with Crippen molar-refractivity contribution in [3.8, 4) is 0 Å². The smallest absolute Gasteiger partial charge is 0.387 e. The topological polar surface area (TPSA) is 72.6 Å². The van der Waals surface area contributed by atoms with Gasteiger partial charge in [0.1, 0.15) is 5.76 Å². The summed E-state index contributed by atoms with van der Waals surface area (Å²) in [4.78, 5) is 23.8. The lowest BCUT2D eigenvalue weighted by Crippen LogP contribution is -2.26. The number of halogens is 2. The number of amides is 1. The van der Waals surface area contributed by atoms with E-state index in [2.05, 4.69) is 14.8 Å². The van der Waals surface area contributed by atoms with E-state index >= 15 is 0 Å². The molecule has 0 N–H and O–H groups in total. The van der Waals surface area contributed by atoms with Crippen LogP contribution in [0.5, 0.6) is 0 Å². The van der Waals surface area contributed by atoms with E-state index in [9.17, 15) is 13.6 Å². The Morgan fingerprint density at radius 1 is 1.34 bits per heavy atom. The van der Waals surface area contributed by atoms with E-state index in [1.165, 1.54) is 13.1 Å². The number of ether oxygens (including phenoxy) is 1. The van der Waals surface area contributed by atoms with Gasteiger partial charge >= 0.3 is 6.61 Å². The van der Waals surface area contributed by atoms with Crippen LogP contribution in [0, 0.1) is 6.92 Å². The van der Waals surface area contributed by atoms with Crippen LogP contribution in [-0.4, -0.2) is 33.5 Å². The van der Waals surface area contributed by atoms with Crippen LogP contribution in [0.2, 0.25) is 0 Å². The molecule has 0 aromatic carbocycles. The molecule has 0 bridgehead atoms. The number of allylic oxidation sites excluding steroid dienone is 1. The lowest BCUT2D eigenvalue weighted by Gasteiger charge is -2.21. The maximum atomic E-state index is 13.2. The molecule has 9 heteroatoms. The molecule has 3 heterocycles. The summed E-state index contributed by atoms with van der Waals surface area (Å²) in [5.74, 6) is -0.261. The highest BCUT2D eigenvalue weighted by Gasteiger charge is 2.39. The minimum absolute atomic E-state index is 0.0206. The number of carbonyl (C=O) groups excluding carboxylic acids is 1. The Kier molecular flexibility index (Phi) is 6.48. The van der Waals surface area contributed by atoms with Gasteiger partial charge in [0.15, 0.2) is 0 Å². The van der Waals surface area contributed by atoms with Crippen molar-refractivity contribution in [3.05, 3.63) is 52.9 Å². The number of alkyl halides is 2. The number of hydrogen-bond acceptors (Lipinski definition) is 5. The first-order chi connectivity index (χ1) is 14.9. The van der Waals surface area contributed by atoms with Crippen LogP contribution in [0.4, 0.5) is 14.5 Å². The zero-order chi connectivity index (χ0) is 23.8. The summed E-state index contributed by atoms with van der Waals surface area (Å²) < 4.78 is 30.6. The lowest BCUT2D eigenvalue weighted by atomic mass is 10.0. The molecule has 7 nitrogen and oxygen atoms in total. The fourth-order valence-corrected chi connectivity index (χ4v) is 3.63. The van der Waals surface area contributed by atoms with Gasteiger partial charge in [-0.1, -0.05) is 6.92 Å². The summed E-state index contributed by atoms with van der Waals surface area (Å²) in [5.41, 5.74) is 3.43. The van der Waals surface area contributed by atoms with Crippen molar-refractivity contribution >= 4 is 17.8 Å². The molecule has 32 heavy (non-hydrogen) atoms.